The standard InChI is InChI=1S/C11H21N5O2/c1-10(11(17)13-4-3-9-18-2)12-5-7-16-8-6-14-15-16/h6,8,10,12H,3-5,7,9H2,1-2H3,(H,13,17). The number of hydrogen-bond donors (Lipinski definition) is 2. The molecule has 1 heterocycles. The van der Waals surface area contributed by atoms with Gasteiger partial charge in [0.25, 0.3) is 0 Å². The van der Waals surface area contributed by atoms with E-state index in [9.17, 15) is 4.79 Å². The van der Waals surface area contributed by atoms with Crippen LogP contribution in [0.25, 0.3) is 0 Å². The minimum Gasteiger partial charge on any atom is -0.385 e. The van der Waals surface area contributed by atoms with Crippen molar-refractivity contribution >= 4 is 5.91 Å². The number of ether oxygens (including phenoxy) is 1. The van der Waals surface area contributed by atoms with Crippen molar-refractivity contribution < 1.29 is 9.53 Å². The van der Waals surface area contributed by atoms with Gasteiger partial charge in [0.2, 0.25) is 5.91 Å². The van der Waals surface area contributed by atoms with Crippen LogP contribution in [0.3, 0.4) is 0 Å². The molecule has 0 fully saturated rings. The van der Waals surface area contributed by atoms with Gasteiger partial charge in [-0.1, -0.05) is 5.21 Å². The average molecular weight is 255 g/mol. The third-order valence-corrected chi connectivity index (χ3v) is 2.48. The van der Waals surface area contributed by atoms with Crippen molar-refractivity contribution in [1.29, 1.82) is 0 Å². The van der Waals surface area contributed by atoms with E-state index in [0.29, 0.717) is 26.2 Å². The minimum atomic E-state index is -0.212. The lowest BCUT2D eigenvalue weighted by atomic mass is 10.3. The van der Waals surface area contributed by atoms with Crippen LogP contribution in [0.4, 0.5) is 0 Å². The molecule has 2 N–H and O–H groups in total. The summed E-state index contributed by atoms with van der Waals surface area (Å²) in [5.74, 6) is 0.00435. The van der Waals surface area contributed by atoms with E-state index >= 15 is 0 Å². The molecule has 0 saturated carbocycles. The maximum absolute atomic E-state index is 11.6. The SMILES string of the molecule is COCCCNC(=O)C(C)NCCn1ccnn1. The number of methoxy groups -OCH3 is 1. The Morgan fingerprint density at radius 3 is 3.00 bits per heavy atom. The summed E-state index contributed by atoms with van der Waals surface area (Å²) in [5.41, 5.74) is 0. The van der Waals surface area contributed by atoms with E-state index in [1.807, 2.05) is 6.92 Å². The van der Waals surface area contributed by atoms with Crippen molar-refractivity contribution in [3.05, 3.63) is 12.4 Å². The molecule has 0 bridgehead atoms. The second-order valence-electron chi connectivity index (χ2n) is 3.98. The number of carbonyl (C=O) groups excluding carboxylic acids is 1. The molecule has 0 spiro atoms. The van der Waals surface area contributed by atoms with E-state index in [1.54, 1.807) is 24.2 Å². The number of nitrogens with one attached hydrogen (secondary N) is 2. The first-order valence-electron chi connectivity index (χ1n) is 6.08. The maximum atomic E-state index is 11.6. The first kappa shape index (κ1) is 14.6. The Labute approximate surface area is 107 Å². The molecule has 0 saturated heterocycles. The average Bonchev–Trinajstić information content (AvgIpc) is 2.87. The van der Waals surface area contributed by atoms with Crippen LogP contribution >= 0.6 is 0 Å². The van der Waals surface area contributed by atoms with Crippen LogP contribution in [-0.4, -0.2) is 53.7 Å². The summed E-state index contributed by atoms with van der Waals surface area (Å²) in [6.45, 7) is 4.51. The minimum absolute atomic E-state index is 0.00435. The van der Waals surface area contributed by atoms with E-state index in [4.69, 9.17) is 4.74 Å². The van der Waals surface area contributed by atoms with Gasteiger partial charge in [-0.2, -0.15) is 0 Å². The van der Waals surface area contributed by atoms with Crippen LogP contribution in [0.1, 0.15) is 13.3 Å². The summed E-state index contributed by atoms with van der Waals surface area (Å²) >= 11 is 0. The van der Waals surface area contributed by atoms with Gasteiger partial charge in [0.1, 0.15) is 0 Å². The Morgan fingerprint density at radius 2 is 2.33 bits per heavy atom. The number of rotatable bonds is 9. The van der Waals surface area contributed by atoms with Crippen LogP contribution in [0, 0.1) is 0 Å². The Bertz CT molecular complexity index is 328. The van der Waals surface area contributed by atoms with Crippen molar-refractivity contribution in [2.45, 2.75) is 25.9 Å². The van der Waals surface area contributed by atoms with Crippen LogP contribution in [0.5, 0.6) is 0 Å². The summed E-state index contributed by atoms with van der Waals surface area (Å²) in [6.07, 6.45) is 4.25. The van der Waals surface area contributed by atoms with Crippen molar-refractivity contribution in [3.8, 4) is 0 Å². The fourth-order valence-electron chi connectivity index (χ4n) is 1.42. The molecule has 1 aromatic rings. The number of amides is 1. The van der Waals surface area contributed by atoms with Crippen LogP contribution in [0.15, 0.2) is 12.4 Å². The summed E-state index contributed by atoms with van der Waals surface area (Å²) in [5, 5.41) is 13.5. The number of nitrogens with zero attached hydrogens (tertiary/aromatic N) is 3. The van der Waals surface area contributed by atoms with E-state index < -0.39 is 0 Å². The van der Waals surface area contributed by atoms with Gasteiger partial charge in [0.15, 0.2) is 0 Å². The Morgan fingerprint density at radius 1 is 1.50 bits per heavy atom. The van der Waals surface area contributed by atoms with E-state index in [-0.39, 0.29) is 11.9 Å². The van der Waals surface area contributed by atoms with Gasteiger partial charge < -0.3 is 15.4 Å². The van der Waals surface area contributed by atoms with Gasteiger partial charge >= 0.3 is 0 Å². The van der Waals surface area contributed by atoms with E-state index in [0.717, 1.165) is 6.42 Å². The highest BCUT2D eigenvalue weighted by atomic mass is 16.5. The third kappa shape index (κ3) is 5.74. The monoisotopic (exact) mass is 255 g/mol. The van der Waals surface area contributed by atoms with Gasteiger partial charge in [0, 0.05) is 33.0 Å². The molecule has 102 valence electrons. The van der Waals surface area contributed by atoms with Crippen molar-refractivity contribution in [2.75, 3.05) is 26.8 Å². The molecule has 1 aromatic heterocycles. The largest absolute Gasteiger partial charge is 0.385 e. The predicted molar refractivity (Wildman–Crippen MR) is 67.0 cm³/mol. The van der Waals surface area contributed by atoms with Crippen LogP contribution in [-0.2, 0) is 16.1 Å². The van der Waals surface area contributed by atoms with Crippen molar-refractivity contribution in [1.82, 2.24) is 25.6 Å². The summed E-state index contributed by atoms with van der Waals surface area (Å²) in [6, 6.07) is -0.212. The molecule has 0 aliphatic rings. The first-order chi connectivity index (χ1) is 8.74. The topological polar surface area (TPSA) is 81.1 Å². The number of carbonyl (C=O) groups is 1. The maximum Gasteiger partial charge on any atom is 0.236 e. The lowest BCUT2D eigenvalue weighted by Crippen LogP contribution is -2.43. The Balaban J connectivity index is 2.08. The second kappa shape index (κ2) is 8.60. The molecule has 0 aliphatic carbocycles. The molecule has 0 aliphatic heterocycles. The van der Waals surface area contributed by atoms with Crippen molar-refractivity contribution in [3.63, 3.8) is 0 Å². The molecule has 1 amide bonds. The summed E-state index contributed by atoms with van der Waals surface area (Å²) in [4.78, 5) is 11.6. The lowest BCUT2D eigenvalue weighted by molar-refractivity contribution is -0.122. The molecule has 1 unspecified atom stereocenters. The first-order valence-corrected chi connectivity index (χ1v) is 6.08. The van der Waals surface area contributed by atoms with Crippen LogP contribution < -0.4 is 10.6 Å². The fraction of sp³-hybridized carbons (Fsp3) is 0.727. The zero-order chi connectivity index (χ0) is 13.2. The molecule has 0 aromatic carbocycles. The zero-order valence-electron chi connectivity index (χ0n) is 10.9. The smallest absolute Gasteiger partial charge is 0.236 e. The van der Waals surface area contributed by atoms with Crippen molar-refractivity contribution in [2.24, 2.45) is 0 Å². The molecule has 1 rings (SSSR count). The highest BCUT2D eigenvalue weighted by Crippen LogP contribution is 1.85. The second-order valence-corrected chi connectivity index (χ2v) is 3.98. The summed E-state index contributed by atoms with van der Waals surface area (Å²) < 4.78 is 6.63. The highest BCUT2D eigenvalue weighted by Gasteiger charge is 2.10. The molecule has 7 nitrogen and oxygen atoms in total. The normalized spacial score (nSPS) is 12.3. The molecule has 0 radical (unpaired) electrons. The van der Waals surface area contributed by atoms with Gasteiger partial charge in [0.05, 0.1) is 18.8 Å². The third-order valence-electron chi connectivity index (χ3n) is 2.48. The van der Waals surface area contributed by atoms with Crippen LogP contribution in [0.2, 0.25) is 0 Å². The van der Waals surface area contributed by atoms with Gasteiger partial charge in [-0.15, -0.1) is 5.10 Å². The fourth-order valence-corrected chi connectivity index (χ4v) is 1.42. The molecule has 1 atom stereocenters. The molecule has 7 heteroatoms. The van der Waals surface area contributed by atoms with Gasteiger partial charge in [-0.05, 0) is 13.3 Å². The Hall–Kier alpha value is -1.47. The zero-order valence-corrected chi connectivity index (χ0v) is 10.9. The highest BCUT2D eigenvalue weighted by molar-refractivity contribution is 5.81. The summed E-state index contributed by atoms with van der Waals surface area (Å²) in [7, 11) is 1.65. The van der Waals surface area contributed by atoms with Gasteiger partial charge in [-0.25, -0.2) is 0 Å². The molecular weight excluding hydrogens is 234 g/mol. The van der Waals surface area contributed by atoms with Gasteiger partial charge in [-0.3, -0.25) is 9.48 Å². The lowest BCUT2D eigenvalue weighted by Gasteiger charge is -2.13. The molecule has 18 heavy (non-hydrogen) atoms. The van der Waals surface area contributed by atoms with E-state index in [1.165, 1.54) is 0 Å². The Kier molecular flexibility index (Phi) is 6.97. The number of aromatic nitrogens is 3. The number of hydrogen-bond acceptors (Lipinski definition) is 5. The van der Waals surface area contributed by atoms with E-state index in [2.05, 4.69) is 20.9 Å². The predicted octanol–water partition coefficient (Wildman–Crippen LogP) is -0.591. The quantitative estimate of drug-likeness (QED) is 0.576. The molecular formula is C11H21N5O2.